The molecule has 2 aliphatic rings. The average Bonchev–Trinajstić information content (AvgIpc) is 3.80. The number of para-hydroxylation sites is 1. The average molecular weight is 762 g/mol. The van der Waals surface area contributed by atoms with E-state index in [9.17, 15) is 0 Å². The lowest BCUT2D eigenvalue weighted by Gasteiger charge is -2.30. The van der Waals surface area contributed by atoms with Gasteiger partial charge < -0.3 is 4.90 Å². The molecule has 0 amide bonds. The van der Waals surface area contributed by atoms with Crippen LogP contribution in [0.25, 0.3) is 66.4 Å². The lowest BCUT2D eigenvalue weighted by atomic mass is 9.70. The lowest BCUT2D eigenvalue weighted by Crippen LogP contribution is -2.25. The number of anilines is 3. The largest absolute Gasteiger partial charge is 0.311 e. The van der Waals surface area contributed by atoms with Crippen LogP contribution in [0.15, 0.2) is 237 Å². The van der Waals surface area contributed by atoms with Gasteiger partial charge in [-0.2, -0.15) is 0 Å². The Morgan fingerprint density at radius 1 is 0.250 bits per heavy atom. The van der Waals surface area contributed by atoms with Crippen LogP contribution in [0.2, 0.25) is 0 Å². The fraction of sp³-hybridized carbons (Fsp3) is 0.0169. The monoisotopic (exact) mass is 761 g/mol. The van der Waals surface area contributed by atoms with Gasteiger partial charge in [0.05, 0.1) is 5.41 Å². The van der Waals surface area contributed by atoms with E-state index in [2.05, 4.69) is 241 Å². The smallest absolute Gasteiger partial charge is 0.0725 e. The quantitative estimate of drug-likeness (QED) is 0.163. The Balaban J connectivity index is 1.03. The molecule has 60 heavy (non-hydrogen) atoms. The molecule has 0 aliphatic heterocycles. The van der Waals surface area contributed by atoms with Crippen molar-refractivity contribution in [3.63, 3.8) is 0 Å². The van der Waals surface area contributed by atoms with E-state index in [0.717, 1.165) is 17.1 Å². The SMILES string of the molecule is c1ccc(-c2ccc(N(c3ccccc3)c3ccc(-c4cc5ccccc5cc4-c4cccc5c4-c4ccccc4C54c5ccccc5-c5ccccc54)cc3)cc2)cc1. The minimum atomic E-state index is -0.395. The topological polar surface area (TPSA) is 3.24 Å². The van der Waals surface area contributed by atoms with Gasteiger partial charge in [0.1, 0.15) is 0 Å². The Kier molecular flexibility index (Phi) is 7.83. The summed E-state index contributed by atoms with van der Waals surface area (Å²) in [6, 6.07) is 87.1. The van der Waals surface area contributed by atoms with E-state index in [0.29, 0.717) is 0 Å². The molecule has 0 heterocycles. The van der Waals surface area contributed by atoms with Crippen LogP contribution >= 0.6 is 0 Å². The molecule has 1 heteroatoms. The number of fused-ring (bicyclic) bond motifs is 11. The van der Waals surface area contributed by atoms with Crippen LogP contribution < -0.4 is 4.90 Å². The summed E-state index contributed by atoms with van der Waals surface area (Å²) >= 11 is 0. The summed E-state index contributed by atoms with van der Waals surface area (Å²) in [5.41, 5.74) is 21.0. The molecular formula is C59H39N. The van der Waals surface area contributed by atoms with E-state index in [1.54, 1.807) is 0 Å². The third kappa shape index (κ3) is 5.13. The zero-order valence-corrected chi connectivity index (χ0v) is 33.0. The van der Waals surface area contributed by atoms with Crippen molar-refractivity contribution < 1.29 is 0 Å². The summed E-state index contributed by atoms with van der Waals surface area (Å²) in [5.74, 6) is 0. The van der Waals surface area contributed by atoms with Crippen molar-refractivity contribution in [2.24, 2.45) is 0 Å². The Morgan fingerprint density at radius 2 is 0.667 bits per heavy atom. The molecule has 2 aliphatic carbocycles. The van der Waals surface area contributed by atoms with Gasteiger partial charge in [0.2, 0.25) is 0 Å². The summed E-state index contributed by atoms with van der Waals surface area (Å²) in [4.78, 5) is 2.34. The minimum Gasteiger partial charge on any atom is -0.311 e. The van der Waals surface area contributed by atoms with E-state index in [1.807, 2.05) is 0 Å². The van der Waals surface area contributed by atoms with Crippen LogP contribution in [0.4, 0.5) is 17.1 Å². The van der Waals surface area contributed by atoms with Crippen LogP contribution in [0.5, 0.6) is 0 Å². The second-order valence-corrected chi connectivity index (χ2v) is 16.0. The molecule has 0 unspecified atom stereocenters. The molecule has 0 aromatic heterocycles. The molecule has 0 fully saturated rings. The predicted molar refractivity (Wildman–Crippen MR) is 251 cm³/mol. The number of rotatable bonds is 6. The van der Waals surface area contributed by atoms with Crippen LogP contribution in [0.3, 0.4) is 0 Å². The van der Waals surface area contributed by atoms with Gasteiger partial charge in [-0.05, 0) is 137 Å². The van der Waals surface area contributed by atoms with Gasteiger partial charge in [-0.15, -0.1) is 0 Å². The van der Waals surface area contributed by atoms with Crippen molar-refractivity contribution >= 4 is 27.8 Å². The standard InChI is InChI=1S/C59H39N/c1-3-16-40(17-4-1)41-30-34-46(35-31-41)60(45-20-5-2-6-21-45)47-36-32-42(33-37-47)52-38-43-18-7-8-19-44(43)39-53(52)50-25-15-29-57-58(50)51-24-11-14-28-56(51)59(57)54-26-12-9-22-48(54)49-23-10-13-27-55(49)59/h1-39H. The highest BCUT2D eigenvalue weighted by molar-refractivity contribution is 6.04. The first-order valence-electron chi connectivity index (χ1n) is 20.8. The highest BCUT2D eigenvalue weighted by atomic mass is 15.1. The van der Waals surface area contributed by atoms with E-state index < -0.39 is 5.41 Å². The molecule has 12 rings (SSSR count). The van der Waals surface area contributed by atoms with Gasteiger partial charge in [0.15, 0.2) is 0 Å². The third-order valence-corrected chi connectivity index (χ3v) is 12.9. The first-order valence-corrected chi connectivity index (χ1v) is 20.8. The van der Waals surface area contributed by atoms with E-state index in [1.165, 1.54) is 88.7 Å². The van der Waals surface area contributed by atoms with Crippen LogP contribution in [-0.2, 0) is 5.41 Å². The molecule has 0 saturated heterocycles. The summed E-state index contributed by atoms with van der Waals surface area (Å²) in [5, 5.41) is 2.46. The predicted octanol–water partition coefficient (Wildman–Crippen LogP) is 15.7. The molecule has 0 bridgehead atoms. The number of benzene rings is 10. The van der Waals surface area contributed by atoms with Crippen molar-refractivity contribution in [2.75, 3.05) is 4.90 Å². The van der Waals surface area contributed by atoms with Crippen molar-refractivity contribution in [1.82, 2.24) is 0 Å². The van der Waals surface area contributed by atoms with Gasteiger partial charge in [-0.3, -0.25) is 0 Å². The van der Waals surface area contributed by atoms with Gasteiger partial charge in [-0.1, -0.05) is 188 Å². The molecule has 1 spiro atoms. The second-order valence-electron chi connectivity index (χ2n) is 16.0. The Hall–Kier alpha value is -7.74. The summed E-state index contributed by atoms with van der Waals surface area (Å²) in [6.07, 6.45) is 0. The molecule has 1 nitrogen and oxygen atoms in total. The fourth-order valence-electron chi connectivity index (χ4n) is 10.3. The van der Waals surface area contributed by atoms with E-state index in [4.69, 9.17) is 0 Å². The zero-order valence-electron chi connectivity index (χ0n) is 33.0. The minimum absolute atomic E-state index is 0.395. The molecule has 10 aromatic rings. The number of hydrogen-bond donors (Lipinski definition) is 0. The second kappa shape index (κ2) is 13.7. The third-order valence-electron chi connectivity index (χ3n) is 12.9. The first kappa shape index (κ1) is 34.3. The molecular weight excluding hydrogens is 723 g/mol. The highest BCUT2D eigenvalue weighted by Gasteiger charge is 2.52. The van der Waals surface area contributed by atoms with Crippen molar-refractivity contribution in [3.8, 4) is 55.6 Å². The summed E-state index contributed by atoms with van der Waals surface area (Å²) in [7, 11) is 0. The van der Waals surface area contributed by atoms with Gasteiger partial charge in [0, 0.05) is 17.1 Å². The normalized spacial score (nSPS) is 12.8. The number of nitrogens with zero attached hydrogens (tertiary/aromatic N) is 1. The van der Waals surface area contributed by atoms with Crippen molar-refractivity contribution in [2.45, 2.75) is 5.41 Å². The van der Waals surface area contributed by atoms with Crippen LogP contribution in [0.1, 0.15) is 22.3 Å². The van der Waals surface area contributed by atoms with E-state index in [-0.39, 0.29) is 0 Å². The Labute approximate surface area is 351 Å². The highest BCUT2D eigenvalue weighted by Crippen LogP contribution is 2.64. The van der Waals surface area contributed by atoms with E-state index >= 15 is 0 Å². The maximum atomic E-state index is 2.42. The zero-order chi connectivity index (χ0) is 39.6. The van der Waals surface area contributed by atoms with Crippen LogP contribution in [-0.4, -0.2) is 0 Å². The Bertz CT molecular complexity index is 3190. The van der Waals surface area contributed by atoms with Crippen molar-refractivity contribution in [1.29, 1.82) is 0 Å². The van der Waals surface area contributed by atoms with Gasteiger partial charge in [-0.25, -0.2) is 0 Å². The van der Waals surface area contributed by atoms with Gasteiger partial charge in [0.25, 0.3) is 0 Å². The molecule has 280 valence electrons. The molecule has 0 saturated carbocycles. The Morgan fingerprint density at radius 3 is 1.28 bits per heavy atom. The summed E-state index contributed by atoms with van der Waals surface area (Å²) < 4.78 is 0. The molecule has 0 N–H and O–H groups in total. The number of hydrogen-bond acceptors (Lipinski definition) is 1. The maximum Gasteiger partial charge on any atom is 0.0725 e. The van der Waals surface area contributed by atoms with Crippen molar-refractivity contribution in [3.05, 3.63) is 259 Å². The fourth-order valence-corrected chi connectivity index (χ4v) is 10.3. The molecule has 0 radical (unpaired) electrons. The first-order chi connectivity index (χ1) is 29.8. The van der Waals surface area contributed by atoms with Gasteiger partial charge >= 0.3 is 0 Å². The molecule has 0 atom stereocenters. The maximum absolute atomic E-state index is 2.42. The summed E-state index contributed by atoms with van der Waals surface area (Å²) in [6.45, 7) is 0. The molecule has 10 aromatic carbocycles. The lowest BCUT2D eigenvalue weighted by molar-refractivity contribution is 0.794. The van der Waals surface area contributed by atoms with Crippen LogP contribution in [0, 0.1) is 0 Å².